The van der Waals surface area contributed by atoms with Crippen LogP contribution in [0.2, 0.25) is 0 Å². The Hall–Kier alpha value is -4.37. The van der Waals surface area contributed by atoms with Crippen LogP contribution in [0, 0.1) is 10.1 Å². The lowest BCUT2D eigenvalue weighted by Crippen LogP contribution is -2.46. The average molecular weight is 952 g/mol. The Morgan fingerprint density at radius 2 is 1.57 bits per heavy atom. The number of amides is 1. The van der Waals surface area contributed by atoms with Crippen LogP contribution in [0.5, 0.6) is 0 Å². The van der Waals surface area contributed by atoms with E-state index in [0.717, 1.165) is 49.0 Å². The van der Waals surface area contributed by atoms with Crippen molar-refractivity contribution in [1.29, 1.82) is 0 Å². The van der Waals surface area contributed by atoms with E-state index in [1.54, 1.807) is 6.07 Å². The molecule has 3 aromatic heterocycles. The van der Waals surface area contributed by atoms with Gasteiger partial charge in [0.15, 0.2) is 6.33 Å². The lowest BCUT2D eigenvalue weighted by Gasteiger charge is -2.32. The van der Waals surface area contributed by atoms with Crippen LogP contribution in [0.4, 0.5) is 16.4 Å². The van der Waals surface area contributed by atoms with Crippen LogP contribution in [0.1, 0.15) is 140 Å². The first-order chi connectivity index (χ1) is 31.1. The van der Waals surface area contributed by atoms with Crippen LogP contribution in [0.25, 0.3) is 11.2 Å². The van der Waals surface area contributed by atoms with Crippen LogP contribution in [-0.2, 0) is 34.5 Å². The second kappa shape index (κ2) is 25.0. The van der Waals surface area contributed by atoms with E-state index in [2.05, 4.69) is 36.0 Å². The number of rotatable bonds is 29. The molecule has 1 fully saturated rings. The van der Waals surface area contributed by atoms with E-state index >= 15 is 0 Å². The number of aryl methyl sites for hydroxylation is 1. The third kappa shape index (κ3) is 15.1. The van der Waals surface area contributed by atoms with Gasteiger partial charge in [0.25, 0.3) is 25.0 Å². The quantitative estimate of drug-likeness (QED) is 0.0157. The van der Waals surface area contributed by atoms with Crippen molar-refractivity contribution >= 4 is 44.5 Å². The molecule has 4 N–H and O–H groups in total. The number of nitro benzene ring substituents is 1. The molecule has 7 atom stereocenters. The summed E-state index contributed by atoms with van der Waals surface area (Å²) in [7, 11) is -9.32. The Morgan fingerprint density at radius 3 is 2.15 bits per heavy atom. The van der Waals surface area contributed by atoms with Crippen molar-refractivity contribution in [1.82, 2.24) is 23.9 Å². The van der Waals surface area contributed by atoms with Crippen molar-refractivity contribution in [3.05, 3.63) is 75.3 Å². The number of phosphoric acid groups is 1. The summed E-state index contributed by atoms with van der Waals surface area (Å²) in [5.41, 5.74) is -0.988. The number of anilines is 1. The zero-order chi connectivity index (χ0) is 47.0. The molecule has 0 bridgehead atoms. The minimum absolute atomic E-state index is 0.0614. The van der Waals surface area contributed by atoms with E-state index in [9.17, 15) is 48.8 Å². The van der Waals surface area contributed by atoms with Gasteiger partial charge >= 0.3 is 11.7 Å². The molecule has 65 heavy (non-hydrogen) atoms. The number of nitrogens with one attached hydrogen (secondary N) is 2. The van der Waals surface area contributed by atoms with E-state index in [-0.39, 0.29) is 28.8 Å². The summed E-state index contributed by atoms with van der Waals surface area (Å²) in [4.78, 5) is 73.1. The Bertz CT molecular complexity index is 2290. The summed E-state index contributed by atoms with van der Waals surface area (Å²) in [6.07, 6.45) is 15.9. The summed E-state index contributed by atoms with van der Waals surface area (Å²) in [5.74, 6) is -0.399. The predicted molar refractivity (Wildman–Crippen MR) is 232 cm³/mol. The summed E-state index contributed by atoms with van der Waals surface area (Å²) in [6.45, 7) is 1.25. The average Bonchev–Trinajstić information content (AvgIpc) is 3.99. The molecule has 0 spiro atoms. The van der Waals surface area contributed by atoms with Gasteiger partial charge in [-0.2, -0.15) is 0 Å². The van der Waals surface area contributed by atoms with Crippen molar-refractivity contribution < 1.29 is 61.7 Å². The number of ether oxygens (including phenoxy) is 2. The summed E-state index contributed by atoms with van der Waals surface area (Å²) in [5, 5.41) is 36.1. The number of aromatic amines is 1. The fourth-order valence-corrected chi connectivity index (χ4v) is 10.1. The van der Waals surface area contributed by atoms with Crippen LogP contribution < -0.4 is 25.2 Å². The number of nitro groups is 1. The van der Waals surface area contributed by atoms with Gasteiger partial charge in [0.1, 0.15) is 30.7 Å². The molecule has 22 nitrogen and oxygen atoms in total. The maximum atomic E-state index is 13.4. The van der Waals surface area contributed by atoms with Gasteiger partial charge in [-0.1, -0.05) is 127 Å². The van der Waals surface area contributed by atoms with Gasteiger partial charge in [-0.25, -0.2) is 19.7 Å². The lowest BCUT2D eigenvalue weighted by molar-refractivity contribution is -0.745. The molecule has 4 unspecified atom stereocenters. The molecule has 4 heterocycles. The monoisotopic (exact) mass is 951 g/mol. The fraction of sp³-hybridized carbons (Fsp3) is 0.634. The molecule has 0 aliphatic carbocycles. The number of nitrogens with zero attached hydrogens (tertiary/aromatic N) is 6. The molecule has 0 radical (unpaired) electrons. The third-order valence-electron chi connectivity index (χ3n) is 11.3. The molecule has 4 aromatic rings. The molecular formula is C41H61N8O14P2-. The number of phosphoric ester groups is 1. The Labute approximate surface area is 376 Å². The number of hydrogen-bond acceptors (Lipinski definition) is 16. The third-order valence-corrected chi connectivity index (χ3v) is 14.2. The zero-order valence-corrected chi connectivity index (χ0v) is 38.6. The van der Waals surface area contributed by atoms with Gasteiger partial charge in [0.2, 0.25) is 19.5 Å². The number of carbonyl (C=O) groups excluding carboxylic acids is 1. The number of fused-ring (bicyclic) bond motifs is 1. The molecule has 1 aromatic carbocycles. The summed E-state index contributed by atoms with van der Waals surface area (Å²) in [6, 6.07) is 5.98. The van der Waals surface area contributed by atoms with Crippen LogP contribution in [0.3, 0.4) is 0 Å². The molecule has 24 heteroatoms. The molecule has 5 rings (SSSR count). The number of aromatic nitrogens is 6. The number of aliphatic hydroxyl groups excluding tert-OH is 2. The number of aliphatic hydroxyl groups is 2. The first-order valence-corrected chi connectivity index (χ1v) is 25.3. The lowest BCUT2D eigenvalue weighted by atomic mass is 10.00. The fourth-order valence-electron chi connectivity index (χ4n) is 7.86. The van der Waals surface area contributed by atoms with E-state index in [1.165, 1.54) is 113 Å². The number of benzene rings is 1. The Balaban J connectivity index is 1.15. The number of carbonyl (C=O) groups is 1. The van der Waals surface area contributed by atoms with Gasteiger partial charge in [-0.05, 0) is 18.9 Å². The van der Waals surface area contributed by atoms with E-state index < -0.39 is 75.3 Å². The number of imidazole rings is 2. The van der Waals surface area contributed by atoms with Gasteiger partial charge in [-0.3, -0.25) is 42.2 Å². The SMILES string of the molecule is CCCCCCCCCCCCCCCCCCCC(OC(=O)Nc1nc2c(c(=O)[nH]1)n(C)c[n+]2[C@@H]1O[C@H](COP(=O)([O-])OP(=O)([O-])n2ccnc2)[C@H](O)C1O)c1ccccc1[N+](=O)[O-]. The van der Waals surface area contributed by atoms with Crippen molar-refractivity contribution in [3.63, 3.8) is 0 Å². The van der Waals surface area contributed by atoms with Crippen LogP contribution >= 0.6 is 15.6 Å². The summed E-state index contributed by atoms with van der Waals surface area (Å²) < 4.78 is 47.9. The molecule has 0 saturated carbocycles. The minimum atomic E-state index is -5.57. The highest BCUT2D eigenvalue weighted by atomic mass is 31.3. The van der Waals surface area contributed by atoms with Gasteiger partial charge < -0.3 is 34.0 Å². The van der Waals surface area contributed by atoms with E-state index in [1.807, 2.05) is 0 Å². The molecule has 1 saturated heterocycles. The van der Waals surface area contributed by atoms with Crippen molar-refractivity contribution in [2.24, 2.45) is 7.05 Å². The van der Waals surface area contributed by atoms with Gasteiger partial charge in [0.05, 0.1) is 24.1 Å². The van der Waals surface area contributed by atoms with Crippen LogP contribution in [-0.4, -0.2) is 70.0 Å². The second-order valence-electron chi connectivity index (χ2n) is 16.3. The highest BCUT2D eigenvalue weighted by Gasteiger charge is 2.47. The van der Waals surface area contributed by atoms with Gasteiger partial charge in [-0.15, -0.1) is 0 Å². The Morgan fingerprint density at radius 1 is 0.969 bits per heavy atom. The van der Waals surface area contributed by atoms with Crippen molar-refractivity contribution in [2.45, 2.75) is 153 Å². The van der Waals surface area contributed by atoms with E-state index in [0.29, 0.717) is 10.8 Å². The highest BCUT2D eigenvalue weighted by Crippen LogP contribution is 2.55. The Kier molecular flexibility index (Phi) is 19.8. The number of hydrogen-bond donors (Lipinski definition) is 4. The largest absolute Gasteiger partial charge is 0.761 e. The van der Waals surface area contributed by atoms with Gasteiger partial charge in [0, 0.05) is 18.5 Å². The first-order valence-electron chi connectivity index (χ1n) is 22.3. The molecular weight excluding hydrogens is 890 g/mol. The standard InChI is InChI=1S/C41H62N8O14P2/c1-3-4-5-6-7-8-9-10-11-12-13-14-15-16-17-18-19-24-32(30-22-20-21-23-31(30)49(54)55)62-41(53)45-40-43-37-34(38(52)44-40)46(2)29-48(37)39-36(51)35(50)33(61-39)27-60-65(58,59)63-64(56,57)47-26-25-42-28-47/h20-23,25-26,28-29,32-33,35-36,39,50-51H,3-19,24,27H2,1-2H3,(H3-,43,44,45,52,53,56,57,58,59)/p-1/t32?,33-,35+,36?,39-/m1/s1. The zero-order valence-electron chi connectivity index (χ0n) is 36.8. The first kappa shape index (κ1) is 51.6. The minimum Gasteiger partial charge on any atom is -0.761 e. The predicted octanol–water partition coefficient (Wildman–Crippen LogP) is 6.12. The van der Waals surface area contributed by atoms with Crippen molar-refractivity contribution in [2.75, 3.05) is 11.9 Å². The number of para-hydroxylation sites is 1. The molecule has 1 aliphatic rings. The number of unbranched alkanes of at least 4 members (excludes halogenated alkanes) is 16. The van der Waals surface area contributed by atoms with E-state index in [4.69, 9.17) is 9.47 Å². The maximum absolute atomic E-state index is 13.4. The highest BCUT2D eigenvalue weighted by molar-refractivity contribution is 7.61. The molecule has 360 valence electrons. The number of H-pyrrole nitrogens is 1. The van der Waals surface area contributed by atoms with Crippen molar-refractivity contribution in [3.8, 4) is 0 Å². The topological polar surface area (TPSA) is 302 Å². The van der Waals surface area contributed by atoms with Crippen LogP contribution in [0.15, 0.2) is 54.1 Å². The summed E-state index contributed by atoms with van der Waals surface area (Å²) >= 11 is 0. The maximum Gasteiger partial charge on any atom is 0.415 e. The smallest absolute Gasteiger partial charge is 0.415 e. The second-order valence-corrected chi connectivity index (χ2v) is 19.5. The molecule has 1 amide bonds. The molecule has 1 aliphatic heterocycles. The normalized spacial score (nSPS) is 19.8.